The highest BCUT2D eigenvalue weighted by Gasteiger charge is 2.38. The molecule has 154 valence electrons. The van der Waals surface area contributed by atoms with Crippen LogP contribution in [-0.2, 0) is 16.0 Å². The van der Waals surface area contributed by atoms with Crippen LogP contribution in [0.2, 0.25) is 0 Å². The zero-order valence-corrected chi connectivity index (χ0v) is 17.0. The Labute approximate surface area is 166 Å². The average molecular weight is 448 g/mol. The minimum absolute atomic E-state index is 0.0195. The number of carbonyl (C=O) groups is 3. The van der Waals surface area contributed by atoms with Crippen LogP contribution in [0.25, 0.3) is 0 Å². The molecule has 0 saturated heterocycles. The van der Waals surface area contributed by atoms with Crippen molar-refractivity contribution in [1.82, 2.24) is 5.32 Å². The third-order valence-corrected chi connectivity index (χ3v) is 6.55. The molecule has 1 aromatic rings. The topological polar surface area (TPSA) is 104 Å². The van der Waals surface area contributed by atoms with Crippen molar-refractivity contribution in [2.24, 2.45) is 0 Å². The lowest BCUT2D eigenvalue weighted by Crippen LogP contribution is -2.24. The SMILES string of the molecule is CCc1sc(C(=O)NCCSSCCC(=O)O)cc1C.O=C(O)C(F)(F)F. The van der Waals surface area contributed by atoms with E-state index in [1.807, 2.05) is 13.0 Å². The molecule has 27 heavy (non-hydrogen) atoms. The molecular weight excluding hydrogens is 427 g/mol. The summed E-state index contributed by atoms with van der Waals surface area (Å²) in [6, 6.07) is 1.94. The minimum atomic E-state index is -5.08. The molecule has 6 nitrogen and oxygen atoms in total. The molecule has 0 aliphatic carbocycles. The maximum absolute atomic E-state index is 11.9. The lowest BCUT2D eigenvalue weighted by atomic mass is 10.2. The Hall–Kier alpha value is -1.40. The molecule has 0 saturated carbocycles. The van der Waals surface area contributed by atoms with Crippen molar-refractivity contribution in [2.45, 2.75) is 32.9 Å². The van der Waals surface area contributed by atoms with E-state index in [9.17, 15) is 22.8 Å². The zero-order chi connectivity index (χ0) is 21.0. The molecule has 0 aliphatic heterocycles. The summed E-state index contributed by atoms with van der Waals surface area (Å²) in [7, 11) is 3.11. The summed E-state index contributed by atoms with van der Waals surface area (Å²) in [6.45, 7) is 4.72. The second-order valence-corrected chi connectivity index (χ2v) is 8.76. The predicted octanol–water partition coefficient (Wildman–Crippen LogP) is 3.84. The van der Waals surface area contributed by atoms with Crippen molar-refractivity contribution >= 4 is 50.8 Å². The van der Waals surface area contributed by atoms with Gasteiger partial charge in [-0.1, -0.05) is 28.5 Å². The van der Waals surface area contributed by atoms with Gasteiger partial charge in [0.15, 0.2) is 0 Å². The van der Waals surface area contributed by atoms with Crippen LogP contribution in [0.5, 0.6) is 0 Å². The molecule has 0 aliphatic rings. The largest absolute Gasteiger partial charge is 0.490 e. The molecule has 1 rings (SSSR count). The third-order valence-electron chi connectivity index (χ3n) is 2.76. The van der Waals surface area contributed by atoms with E-state index in [1.165, 1.54) is 21.2 Å². The van der Waals surface area contributed by atoms with Crippen LogP contribution in [0.1, 0.15) is 33.5 Å². The number of amides is 1. The number of hydrogen-bond acceptors (Lipinski definition) is 6. The maximum Gasteiger partial charge on any atom is 0.490 e. The van der Waals surface area contributed by atoms with E-state index in [4.69, 9.17) is 15.0 Å². The summed E-state index contributed by atoms with van der Waals surface area (Å²) in [5.74, 6) is -2.17. The summed E-state index contributed by atoms with van der Waals surface area (Å²) >= 11 is 1.55. The van der Waals surface area contributed by atoms with Crippen LogP contribution in [0.15, 0.2) is 6.07 Å². The predicted molar refractivity (Wildman–Crippen MR) is 102 cm³/mol. The number of nitrogens with one attached hydrogen (secondary N) is 1. The Kier molecular flexibility index (Phi) is 12.2. The van der Waals surface area contributed by atoms with Crippen LogP contribution in [-0.4, -0.2) is 52.3 Å². The number of carbonyl (C=O) groups excluding carboxylic acids is 1. The van der Waals surface area contributed by atoms with Gasteiger partial charge in [-0.3, -0.25) is 9.59 Å². The highest BCUT2D eigenvalue weighted by molar-refractivity contribution is 8.76. The maximum atomic E-state index is 11.9. The van der Waals surface area contributed by atoms with Crippen molar-refractivity contribution in [1.29, 1.82) is 0 Å². The molecule has 1 aromatic heterocycles. The first-order valence-electron chi connectivity index (χ1n) is 7.62. The van der Waals surface area contributed by atoms with Crippen molar-refractivity contribution in [3.8, 4) is 0 Å². The van der Waals surface area contributed by atoms with Gasteiger partial charge < -0.3 is 15.5 Å². The molecule has 3 N–H and O–H groups in total. The van der Waals surface area contributed by atoms with Gasteiger partial charge in [-0.15, -0.1) is 11.3 Å². The number of aryl methyl sites for hydroxylation is 2. The summed E-state index contributed by atoms with van der Waals surface area (Å²) in [5, 5.41) is 18.5. The molecule has 0 unspecified atom stereocenters. The Balaban J connectivity index is 0.000000821. The number of aliphatic carboxylic acids is 2. The molecule has 0 spiro atoms. The highest BCUT2D eigenvalue weighted by atomic mass is 33.1. The van der Waals surface area contributed by atoms with E-state index < -0.39 is 18.1 Å². The lowest BCUT2D eigenvalue weighted by Gasteiger charge is -2.02. The smallest absolute Gasteiger partial charge is 0.481 e. The van der Waals surface area contributed by atoms with Crippen LogP contribution in [0, 0.1) is 6.92 Å². The van der Waals surface area contributed by atoms with Gasteiger partial charge in [-0.05, 0) is 25.0 Å². The standard InChI is InChI=1S/C13H19NO3S3.C2HF3O2/c1-3-10-9(2)8-11(20-10)13(17)14-5-7-19-18-6-4-12(15)16;3-2(4,5)1(6)7/h8H,3-7H2,1-2H3,(H,14,17)(H,15,16);(H,6,7). The summed E-state index contributed by atoms with van der Waals surface area (Å²) in [5.41, 5.74) is 1.18. The molecule has 1 heterocycles. The Morgan fingerprint density at radius 2 is 1.74 bits per heavy atom. The van der Waals surface area contributed by atoms with Gasteiger partial charge in [-0.25, -0.2) is 4.79 Å². The summed E-state index contributed by atoms with van der Waals surface area (Å²) in [4.78, 5) is 33.1. The van der Waals surface area contributed by atoms with E-state index >= 15 is 0 Å². The van der Waals surface area contributed by atoms with Gasteiger partial charge in [0, 0.05) is 22.9 Å². The van der Waals surface area contributed by atoms with Gasteiger partial charge in [0.2, 0.25) is 0 Å². The molecule has 0 atom stereocenters. The van der Waals surface area contributed by atoms with Gasteiger partial charge in [0.05, 0.1) is 11.3 Å². The Morgan fingerprint density at radius 3 is 2.19 bits per heavy atom. The van der Waals surface area contributed by atoms with E-state index in [0.29, 0.717) is 12.3 Å². The molecule has 1 amide bonds. The third kappa shape index (κ3) is 11.8. The number of thiophene rings is 1. The van der Waals surface area contributed by atoms with Crippen molar-refractivity contribution in [2.75, 3.05) is 18.1 Å². The van der Waals surface area contributed by atoms with Gasteiger partial charge in [-0.2, -0.15) is 13.2 Å². The lowest BCUT2D eigenvalue weighted by molar-refractivity contribution is -0.192. The first kappa shape index (κ1) is 25.6. The first-order valence-corrected chi connectivity index (χ1v) is 10.9. The monoisotopic (exact) mass is 447 g/mol. The van der Waals surface area contributed by atoms with Crippen LogP contribution < -0.4 is 5.32 Å². The van der Waals surface area contributed by atoms with E-state index in [2.05, 4.69) is 12.2 Å². The summed E-state index contributed by atoms with van der Waals surface area (Å²) < 4.78 is 31.7. The Bertz CT molecular complexity index is 635. The number of carboxylic acid groups (broad SMARTS) is 2. The molecule has 0 fully saturated rings. The minimum Gasteiger partial charge on any atom is -0.481 e. The number of alkyl halides is 3. The quantitative estimate of drug-likeness (QED) is 0.390. The highest BCUT2D eigenvalue weighted by Crippen LogP contribution is 2.23. The average Bonchev–Trinajstić information content (AvgIpc) is 2.94. The molecule has 12 heteroatoms. The normalized spacial score (nSPS) is 10.7. The molecular formula is C15H20F3NO5S3. The van der Waals surface area contributed by atoms with Gasteiger partial charge in [0.1, 0.15) is 0 Å². The number of carboxylic acids is 2. The fourth-order valence-electron chi connectivity index (χ4n) is 1.52. The van der Waals surface area contributed by atoms with E-state index in [0.717, 1.165) is 17.1 Å². The fourth-order valence-corrected chi connectivity index (χ4v) is 4.44. The number of hydrogen-bond donors (Lipinski definition) is 3. The second-order valence-electron chi connectivity index (χ2n) is 4.92. The van der Waals surface area contributed by atoms with Crippen molar-refractivity contribution < 1.29 is 37.8 Å². The van der Waals surface area contributed by atoms with Crippen molar-refractivity contribution in [3.05, 3.63) is 21.4 Å². The first-order chi connectivity index (χ1) is 12.5. The van der Waals surface area contributed by atoms with E-state index in [1.54, 1.807) is 22.1 Å². The van der Waals surface area contributed by atoms with Gasteiger partial charge in [0.25, 0.3) is 5.91 Å². The number of rotatable bonds is 9. The van der Waals surface area contributed by atoms with Crippen LogP contribution >= 0.6 is 32.9 Å². The molecule has 0 bridgehead atoms. The van der Waals surface area contributed by atoms with Crippen LogP contribution in [0.3, 0.4) is 0 Å². The van der Waals surface area contributed by atoms with Crippen LogP contribution in [0.4, 0.5) is 13.2 Å². The fraction of sp³-hybridized carbons (Fsp3) is 0.533. The van der Waals surface area contributed by atoms with Crippen molar-refractivity contribution in [3.63, 3.8) is 0 Å². The Morgan fingerprint density at radius 1 is 1.19 bits per heavy atom. The molecule has 0 radical (unpaired) electrons. The van der Waals surface area contributed by atoms with E-state index in [-0.39, 0.29) is 12.3 Å². The molecule has 0 aromatic carbocycles. The van der Waals surface area contributed by atoms with Gasteiger partial charge >= 0.3 is 18.1 Å². The zero-order valence-electron chi connectivity index (χ0n) is 14.6. The number of halogens is 3. The second kappa shape index (κ2) is 12.9. The summed E-state index contributed by atoms with van der Waals surface area (Å²) in [6.07, 6.45) is -3.95.